The zero-order chi connectivity index (χ0) is 19.2. The van der Waals surface area contributed by atoms with Crippen molar-refractivity contribution in [1.82, 2.24) is 15.4 Å². The zero-order valence-electron chi connectivity index (χ0n) is 15.5. The molecule has 5 nitrogen and oxygen atoms in total. The monoisotopic (exact) mass is 369 g/mol. The van der Waals surface area contributed by atoms with Crippen molar-refractivity contribution in [3.63, 3.8) is 0 Å². The number of carbonyl (C=O) groups excluding carboxylic acids is 1. The SMILES string of the molecule is C#CCN(C)C(=O)C[C@@H]1CCNC[C@@H]1Cc1cc(-c2ccc(F)cc2)on1. The molecule has 1 amide bonds. The van der Waals surface area contributed by atoms with Crippen LogP contribution in [0.15, 0.2) is 34.9 Å². The van der Waals surface area contributed by atoms with Gasteiger partial charge in [0, 0.05) is 25.1 Å². The van der Waals surface area contributed by atoms with E-state index in [0.29, 0.717) is 24.6 Å². The molecule has 2 atom stereocenters. The van der Waals surface area contributed by atoms with E-state index in [0.717, 1.165) is 37.2 Å². The molecule has 6 heteroatoms. The maximum Gasteiger partial charge on any atom is 0.223 e. The van der Waals surface area contributed by atoms with Gasteiger partial charge in [0.15, 0.2) is 5.76 Å². The van der Waals surface area contributed by atoms with Gasteiger partial charge in [-0.25, -0.2) is 4.39 Å². The molecule has 2 heterocycles. The van der Waals surface area contributed by atoms with Gasteiger partial charge in [0.25, 0.3) is 0 Å². The lowest BCUT2D eigenvalue weighted by Crippen LogP contribution is -2.40. The first-order valence-corrected chi connectivity index (χ1v) is 9.16. The van der Waals surface area contributed by atoms with Gasteiger partial charge in [-0.2, -0.15) is 0 Å². The summed E-state index contributed by atoms with van der Waals surface area (Å²) in [5.41, 5.74) is 1.64. The Morgan fingerprint density at radius 3 is 2.93 bits per heavy atom. The summed E-state index contributed by atoms with van der Waals surface area (Å²) in [5, 5.41) is 7.57. The topological polar surface area (TPSA) is 58.4 Å². The van der Waals surface area contributed by atoms with Crippen LogP contribution in [0.4, 0.5) is 4.39 Å². The molecule has 1 aliphatic rings. The quantitative estimate of drug-likeness (QED) is 0.796. The third-order valence-corrected chi connectivity index (χ3v) is 5.12. The smallest absolute Gasteiger partial charge is 0.223 e. The van der Waals surface area contributed by atoms with E-state index in [9.17, 15) is 9.18 Å². The minimum Gasteiger partial charge on any atom is -0.356 e. The summed E-state index contributed by atoms with van der Waals surface area (Å²) in [4.78, 5) is 14.0. The molecule has 0 spiro atoms. The Kier molecular flexibility index (Phi) is 6.25. The van der Waals surface area contributed by atoms with Gasteiger partial charge < -0.3 is 14.7 Å². The van der Waals surface area contributed by atoms with Crippen molar-refractivity contribution in [1.29, 1.82) is 0 Å². The van der Waals surface area contributed by atoms with Gasteiger partial charge in [0.1, 0.15) is 5.82 Å². The average Bonchev–Trinajstić information content (AvgIpc) is 3.12. The van der Waals surface area contributed by atoms with Crippen molar-refractivity contribution >= 4 is 5.91 Å². The predicted molar refractivity (Wildman–Crippen MR) is 101 cm³/mol. The lowest BCUT2D eigenvalue weighted by molar-refractivity contribution is -0.131. The van der Waals surface area contributed by atoms with Gasteiger partial charge in [0.2, 0.25) is 5.91 Å². The van der Waals surface area contributed by atoms with Crippen molar-refractivity contribution in [2.75, 3.05) is 26.7 Å². The number of carbonyl (C=O) groups is 1. The van der Waals surface area contributed by atoms with E-state index in [-0.39, 0.29) is 17.6 Å². The lowest BCUT2D eigenvalue weighted by Gasteiger charge is -2.32. The highest BCUT2D eigenvalue weighted by molar-refractivity contribution is 5.76. The fourth-order valence-electron chi connectivity index (χ4n) is 3.52. The van der Waals surface area contributed by atoms with Gasteiger partial charge >= 0.3 is 0 Å². The number of piperidine rings is 1. The number of benzene rings is 1. The summed E-state index contributed by atoms with van der Waals surface area (Å²) in [6, 6.07) is 8.04. The molecule has 1 aliphatic heterocycles. The van der Waals surface area contributed by atoms with Crippen LogP contribution in [0.3, 0.4) is 0 Å². The third-order valence-electron chi connectivity index (χ3n) is 5.12. The van der Waals surface area contributed by atoms with E-state index in [1.54, 1.807) is 24.1 Å². The molecule has 0 radical (unpaired) electrons. The zero-order valence-corrected chi connectivity index (χ0v) is 15.5. The molecule has 1 fully saturated rings. The molecule has 1 N–H and O–H groups in total. The van der Waals surface area contributed by atoms with E-state index < -0.39 is 0 Å². The van der Waals surface area contributed by atoms with Crippen molar-refractivity contribution in [3.05, 3.63) is 41.8 Å². The summed E-state index contributed by atoms with van der Waals surface area (Å²) in [6.07, 6.45) is 7.47. The number of amides is 1. The van der Waals surface area contributed by atoms with Crippen LogP contribution in [-0.2, 0) is 11.2 Å². The number of terminal acetylenes is 1. The minimum absolute atomic E-state index is 0.0806. The van der Waals surface area contributed by atoms with E-state index in [1.165, 1.54) is 12.1 Å². The highest BCUT2D eigenvalue weighted by Gasteiger charge is 2.29. The highest BCUT2D eigenvalue weighted by atomic mass is 19.1. The number of aromatic nitrogens is 1. The van der Waals surface area contributed by atoms with Crippen LogP contribution in [0.5, 0.6) is 0 Å². The van der Waals surface area contributed by atoms with Crippen LogP contribution in [-0.4, -0.2) is 42.6 Å². The molecule has 1 saturated heterocycles. The average molecular weight is 369 g/mol. The molecule has 0 bridgehead atoms. The standard InChI is InChI=1S/C21H24FN3O2/c1-3-10-25(2)21(26)12-16-8-9-23-14-17(16)11-19-13-20(27-24-19)15-4-6-18(22)7-5-15/h1,4-7,13,16-17,23H,8-12,14H2,2H3/t16-,17-/m0/s1. The molecule has 0 aliphatic carbocycles. The highest BCUT2D eigenvalue weighted by Crippen LogP contribution is 2.28. The third kappa shape index (κ3) is 4.95. The number of nitrogens with one attached hydrogen (secondary N) is 1. The van der Waals surface area contributed by atoms with Crippen molar-refractivity contribution < 1.29 is 13.7 Å². The summed E-state index contributed by atoms with van der Waals surface area (Å²) in [5.74, 6) is 3.50. The van der Waals surface area contributed by atoms with Gasteiger partial charge in [-0.1, -0.05) is 11.1 Å². The Morgan fingerprint density at radius 1 is 1.41 bits per heavy atom. The maximum absolute atomic E-state index is 13.1. The fourth-order valence-corrected chi connectivity index (χ4v) is 3.52. The Balaban J connectivity index is 1.65. The van der Waals surface area contributed by atoms with E-state index in [2.05, 4.69) is 16.4 Å². The Labute approximate surface area is 158 Å². The molecule has 142 valence electrons. The predicted octanol–water partition coefficient (Wildman–Crippen LogP) is 2.73. The molecule has 1 aromatic carbocycles. The molecule has 27 heavy (non-hydrogen) atoms. The second kappa shape index (κ2) is 8.83. The number of rotatable bonds is 6. The fraction of sp³-hybridized carbons (Fsp3) is 0.429. The summed E-state index contributed by atoms with van der Waals surface area (Å²) in [7, 11) is 1.74. The van der Waals surface area contributed by atoms with Crippen molar-refractivity contribution in [3.8, 4) is 23.7 Å². The number of halogens is 1. The first kappa shape index (κ1) is 19.1. The molecule has 1 aromatic heterocycles. The van der Waals surface area contributed by atoms with Gasteiger partial charge in [0.05, 0.1) is 12.2 Å². The van der Waals surface area contributed by atoms with Crippen LogP contribution in [0.2, 0.25) is 0 Å². The van der Waals surface area contributed by atoms with Crippen molar-refractivity contribution in [2.45, 2.75) is 19.3 Å². The number of nitrogens with zero attached hydrogens (tertiary/aromatic N) is 2. The second-order valence-electron chi connectivity index (χ2n) is 7.06. The summed E-state index contributed by atoms with van der Waals surface area (Å²) >= 11 is 0. The first-order chi connectivity index (χ1) is 13.1. The molecule has 3 rings (SSSR count). The molecule has 2 aromatic rings. The normalized spacial score (nSPS) is 19.4. The minimum atomic E-state index is -0.283. The first-order valence-electron chi connectivity index (χ1n) is 9.16. The van der Waals surface area contributed by atoms with Crippen LogP contribution in [0.25, 0.3) is 11.3 Å². The molecular weight excluding hydrogens is 345 g/mol. The molecule has 0 unspecified atom stereocenters. The van der Waals surface area contributed by atoms with Crippen LogP contribution in [0, 0.1) is 30.0 Å². The second-order valence-corrected chi connectivity index (χ2v) is 7.06. The molecule has 0 saturated carbocycles. The van der Waals surface area contributed by atoms with Crippen LogP contribution < -0.4 is 5.32 Å². The van der Waals surface area contributed by atoms with Crippen molar-refractivity contribution in [2.24, 2.45) is 11.8 Å². The Morgan fingerprint density at radius 2 is 2.19 bits per heavy atom. The summed E-state index contributed by atoms with van der Waals surface area (Å²) < 4.78 is 18.5. The number of hydrogen-bond acceptors (Lipinski definition) is 4. The maximum atomic E-state index is 13.1. The van der Waals surface area contributed by atoms with E-state index in [1.807, 2.05) is 6.07 Å². The van der Waals surface area contributed by atoms with Gasteiger partial charge in [-0.15, -0.1) is 6.42 Å². The molecular formula is C21H24FN3O2. The van der Waals surface area contributed by atoms with Gasteiger partial charge in [-0.05, 0) is 62.0 Å². The van der Waals surface area contributed by atoms with E-state index in [4.69, 9.17) is 10.9 Å². The van der Waals surface area contributed by atoms with Crippen LogP contribution >= 0.6 is 0 Å². The Bertz CT molecular complexity index is 810. The van der Waals surface area contributed by atoms with Crippen LogP contribution in [0.1, 0.15) is 18.5 Å². The van der Waals surface area contributed by atoms with E-state index >= 15 is 0 Å². The number of hydrogen-bond donors (Lipinski definition) is 1. The van der Waals surface area contributed by atoms with Gasteiger partial charge in [-0.3, -0.25) is 4.79 Å². The Hall–Kier alpha value is -2.65. The largest absolute Gasteiger partial charge is 0.356 e. The summed E-state index contributed by atoms with van der Waals surface area (Å²) in [6.45, 7) is 2.08. The lowest BCUT2D eigenvalue weighted by atomic mass is 9.81.